The normalized spacial score (nSPS) is 15.1. The SMILES string of the molecule is CCCCCCCCC(C)(CN)S(=O)(=O)O.[NaH]. The summed E-state index contributed by atoms with van der Waals surface area (Å²) >= 11 is 0. The average molecular weight is 275 g/mol. The van der Waals surface area contributed by atoms with Gasteiger partial charge in [0.2, 0.25) is 0 Å². The minimum atomic E-state index is -4.04. The summed E-state index contributed by atoms with van der Waals surface area (Å²) < 4.78 is 30.2. The zero-order chi connectivity index (χ0) is 12.7. The summed E-state index contributed by atoms with van der Waals surface area (Å²) in [5.74, 6) is 0. The van der Waals surface area contributed by atoms with E-state index in [1.807, 2.05) is 0 Å². The number of hydrogen-bond donors (Lipinski definition) is 2. The molecule has 0 radical (unpaired) electrons. The topological polar surface area (TPSA) is 80.4 Å². The molecule has 4 nitrogen and oxygen atoms in total. The van der Waals surface area contributed by atoms with Gasteiger partial charge in [-0.15, -0.1) is 0 Å². The Kier molecular flexibility index (Phi) is 11.6. The van der Waals surface area contributed by atoms with Gasteiger partial charge in [-0.3, -0.25) is 4.55 Å². The fourth-order valence-corrected chi connectivity index (χ4v) is 2.23. The van der Waals surface area contributed by atoms with Crippen LogP contribution in [0.3, 0.4) is 0 Å². The van der Waals surface area contributed by atoms with E-state index >= 15 is 0 Å². The molecule has 1 atom stereocenters. The molecule has 0 aliphatic carbocycles. The molecular weight excluding hydrogens is 249 g/mol. The second kappa shape index (κ2) is 9.75. The van der Waals surface area contributed by atoms with Crippen LogP contribution in [-0.2, 0) is 10.1 Å². The first kappa shape index (κ1) is 20.2. The van der Waals surface area contributed by atoms with Crippen LogP contribution in [0.5, 0.6) is 0 Å². The van der Waals surface area contributed by atoms with Crippen LogP contribution >= 0.6 is 0 Å². The molecule has 0 amide bonds. The molecule has 0 aromatic rings. The molecule has 0 heterocycles. The number of hydrogen-bond acceptors (Lipinski definition) is 3. The van der Waals surface area contributed by atoms with Gasteiger partial charge in [-0.2, -0.15) is 8.42 Å². The fourth-order valence-electron chi connectivity index (χ4n) is 1.62. The zero-order valence-corrected chi connectivity index (χ0v) is 11.2. The third-order valence-corrected chi connectivity index (χ3v) is 4.73. The Labute approximate surface area is 128 Å². The monoisotopic (exact) mass is 275 g/mol. The van der Waals surface area contributed by atoms with Gasteiger partial charge in [0, 0.05) is 6.54 Å². The quantitative estimate of drug-likeness (QED) is 0.381. The molecule has 0 aromatic heterocycles. The van der Waals surface area contributed by atoms with Crippen LogP contribution in [0.15, 0.2) is 0 Å². The van der Waals surface area contributed by atoms with Crippen molar-refractivity contribution in [3.05, 3.63) is 0 Å². The molecule has 0 saturated carbocycles. The summed E-state index contributed by atoms with van der Waals surface area (Å²) in [6, 6.07) is 0. The van der Waals surface area contributed by atoms with E-state index in [4.69, 9.17) is 10.3 Å². The van der Waals surface area contributed by atoms with E-state index in [-0.39, 0.29) is 36.1 Å². The van der Waals surface area contributed by atoms with Gasteiger partial charge in [0.15, 0.2) is 0 Å². The van der Waals surface area contributed by atoms with Gasteiger partial charge in [-0.25, -0.2) is 0 Å². The van der Waals surface area contributed by atoms with E-state index < -0.39 is 14.9 Å². The van der Waals surface area contributed by atoms with Crippen molar-refractivity contribution in [3.8, 4) is 0 Å². The first-order chi connectivity index (χ1) is 7.37. The van der Waals surface area contributed by atoms with Crippen molar-refractivity contribution in [3.63, 3.8) is 0 Å². The van der Waals surface area contributed by atoms with E-state index in [1.54, 1.807) is 0 Å². The van der Waals surface area contributed by atoms with Gasteiger partial charge in [0.25, 0.3) is 10.1 Å². The van der Waals surface area contributed by atoms with Crippen LogP contribution in [0.25, 0.3) is 0 Å². The first-order valence-corrected chi connectivity index (χ1v) is 7.48. The summed E-state index contributed by atoms with van der Waals surface area (Å²) in [7, 11) is -4.04. The van der Waals surface area contributed by atoms with E-state index in [2.05, 4.69) is 6.92 Å². The molecule has 0 aliphatic heterocycles. The van der Waals surface area contributed by atoms with Gasteiger partial charge >= 0.3 is 29.6 Å². The molecule has 100 valence electrons. The van der Waals surface area contributed by atoms with Crippen molar-refractivity contribution in [1.82, 2.24) is 0 Å². The van der Waals surface area contributed by atoms with Crippen molar-refractivity contribution in [2.45, 2.75) is 63.5 Å². The number of rotatable bonds is 9. The van der Waals surface area contributed by atoms with E-state index in [1.165, 1.54) is 26.2 Å². The molecule has 0 aliphatic rings. The molecule has 0 bridgehead atoms. The number of nitrogens with two attached hydrogens (primary N) is 1. The molecule has 1 unspecified atom stereocenters. The maximum atomic E-state index is 11.1. The summed E-state index contributed by atoms with van der Waals surface area (Å²) in [6.45, 7) is 3.64. The van der Waals surface area contributed by atoms with Crippen LogP contribution in [0.2, 0.25) is 0 Å². The summed E-state index contributed by atoms with van der Waals surface area (Å²) in [5.41, 5.74) is 5.42. The van der Waals surface area contributed by atoms with Crippen molar-refractivity contribution >= 4 is 39.7 Å². The predicted molar refractivity (Wildman–Crippen MR) is 74.2 cm³/mol. The summed E-state index contributed by atoms with van der Waals surface area (Å²) in [4.78, 5) is 0. The second-order valence-corrected chi connectivity index (χ2v) is 6.58. The predicted octanol–water partition coefficient (Wildman–Crippen LogP) is 1.69. The van der Waals surface area contributed by atoms with Gasteiger partial charge in [-0.05, 0) is 13.3 Å². The zero-order valence-electron chi connectivity index (χ0n) is 10.4. The van der Waals surface area contributed by atoms with E-state index in [0.717, 1.165) is 19.3 Å². The van der Waals surface area contributed by atoms with Crippen LogP contribution in [0.4, 0.5) is 0 Å². The average Bonchev–Trinajstić information content (AvgIpc) is 2.21. The Morgan fingerprint density at radius 3 is 2.00 bits per heavy atom. The second-order valence-electron chi connectivity index (χ2n) is 4.65. The maximum absolute atomic E-state index is 11.1. The standard InChI is InChI=1S/C11H25NO3S.Na.H/c1-3-4-5-6-7-8-9-11(2,10-12)16(13,14)15;;/h3-10,12H2,1-2H3,(H,13,14,15);;. The Morgan fingerprint density at radius 2 is 1.59 bits per heavy atom. The molecule has 0 rings (SSSR count). The molecule has 6 heteroatoms. The third kappa shape index (κ3) is 7.80. The fraction of sp³-hybridized carbons (Fsp3) is 1.00. The van der Waals surface area contributed by atoms with E-state index in [9.17, 15) is 8.42 Å². The van der Waals surface area contributed by atoms with Crippen molar-refractivity contribution < 1.29 is 13.0 Å². The molecule has 0 fully saturated rings. The van der Waals surface area contributed by atoms with Crippen LogP contribution in [0.1, 0.15) is 58.8 Å². The van der Waals surface area contributed by atoms with Crippen molar-refractivity contribution in [1.29, 1.82) is 0 Å². The molecule has 3 N–H and O–H groups in total. The van der Waals surface area contributed by atoms with Crippen molar-refractivity contribution in [2.75, 3.05) is 6.54 Å². The van der Waals surface area contributed by atoms with Crippen LogP contribution in [-0.4, -0.2) is 53.8 Å². The van der Waals surface area contributed by atoms with Gasteiger partial charge in [-0.1, -0.05) is 45.4 Å². The van der Waals surface area contributed by atoms with Gasteiger partial charge in [0.05, 0.1) is 0 Å². The molecule has 0 saturated heterocycles. The van der Waals surface area contributed by atoms with E-state index in [0.29, 0.717) is 6.42 Å². The van der Waals surface area contributed by atoms with Gasteiger partial charge < -0.3 is 5.73 Å². The minimum absolute atomic E-state index is 0. The Hall–Kier alpha value is 0.870. The van der Waals surface area contributed by atoms with Crippen LogP contribution < -0.4 is 5.73 Å². The van der Waals surface area contributed by atoms with Crippen LogP contribution in [0, 0.1) is 0 Å². The Morgan fingerprint density at radius 1 is 1.12 bits per heavy atom. The van der Waals surface area contributed by atoms with Crippen molar-refractivity contribution in [2.24, 2.45) is 5.73 Å². The van der Waals surface area contributed by atoms with Gasteiger partial charge in [0.1, 0.15) is 4.75 Å². The third-order valence-electron chi connectivity index (χ3n) is 3.11. The summed E-state index contributed by atoms with van der Waals surface area (Å²) in [6.07, 6.45) is 7.00. The molecule has 0 spiro atoms. The molecule has 0 aromatic carbocycles. The first-order valence-electron chi connectivity index (χ1n) is 6.04. The molecular formula is C11H26NNaO3S. The number of unbranched alkanes of at least 4 members (excludes halogenated alkanes) is 5. The summed E-state index contributed by atoms with van der Waals surface area (Å²) in [5, 5.41) is 0. The Balaban J connectivity index is 0. The Bertz CT molecular complexity index is 282. The molecule has 17 heavy (non-hydrogen) atoms.